The number of amides is 1. The molecular weight excluding hydrogens is 334 g/mol. The van der Waals surface area contributed by atoms with Crippen LogP contribution in [0.4, 0.5) is 0 Å². The van der Waals surface area contributed by atoms with E-state index in [1.54, 1.807) is 17.3 Å². The second-order valence-corrected chi connectivity index (χ2v) is 7.70. The number of aromatic amines is 1. The normalized spacial score (nSPS) is 18.1. The number of hydrogen-bond acceptors (Lipinski definition) is 5. The lowest BCUT2D eigenvalue weighted by molar-refractivity contribution is 0.0831. The van der Waals surface area contributed by atoms with Crippen LogP contribution in [-0.2, 0) is 6.54 Å². The molecule has 1 N–H and O–H groups in total. The first-order valence-electron chi connectivity index (χ1n) is 8.43. The molecule has 4 rings (SSSR count). The van der Waals surface area contributed by atoms with E-state index in [1.807, 2.05) is 26.2 Å². The Morgan fingerprint density at radius 1 is 1.40 bits per heavy atom. The van der Waals surface area contributed by atoms with Gasteiger partial charge in [-0.05, 0) is 30.7 Å². The molecule has 1 fully saturated rings. The van der Waals surface area contributed by atoms with Gasteiger partial charge in [0.2, 0.25) is 0 Å². The second kappa shape index (κ2) is 6.57. The standard InChI is InChI=1S/C18H21N5OS/c1-22(2)18(24)16-15(14-4-3-7-19-17(14)25-16)12-6-9-23(10-12)11-13-5-8-20-21-13/h3-5,7-8,12H,6,9-11H2,1-2H3,(H,20,21). The fraction of sp³-hybridized carbons (Fsp3) is 0.389. The summed E-state index contributed by atoms with van der Waals surface area (Å²) in [6.45, 7) is 2.85. The lowest BCUT2D eigenvalue weighted by atomic mass is 9.95. The quantitative estimate of drug-likeness (QED) is 0.781. The molecule has 0 bridgehead atoms. The summed E-state index contributed by atoms with van der Waals surface area (Å²) in [6, 6.07) is 6.07. The molecule has 1 unspecified atom stereocenters. The molecule has 1 saturated heterocycles. The summed E-state index contributed by atoms with van der Waals surface area (Å²) in [5, 5.41) is 8.18. The van der Waals surface area contributed by atoms with Gasteiger partial charge in [0.15, 0.2) is 0 Å². The Hall–Kier alpha value is -2.25. The molecule has 4 heterocycles. The number of H-pyrrole nitrogens is 1. The number of aromatic nitrogens is 3. The van der Waals surface area contributed by atoms with Gasteiger partial charge in [-0.2, -0.15) is 5.10 Å². The average Bonchev–Trinajstić information content (AvgIpc) is 3.33. The van der Waals surface area contributed by atoms with Crippen molar-refractivity contribution in [1.82, 2.24) is 25.0 Å². The van der Waals surface area contributed by atoms with Gasteiger partial charge >= 0.3 is 0 Å². The van der Waals surface area contributed by atoms with E-state index < -0.39 is 0 Å². The first-order valence-corrected chi connectivity index (χ1v) is 9.25. The van der Waals surface area contributed by atoms with Crippen molar-refractivity contribution < 1.29 is 4.79 Å². The SMILES string of the molecule is CN(C)C(=O)c1sc2ncccc2c1C1CCN(Cc2ccn[nH]2)C1. The number of fused-ring (bicyclic) bond motifs is 1. The third-order valence-corrected chi connectivity index (χ3v) is 5.86. The third-order valence-electron chi connectivity index (χ3n) is 4.74. The number of hydrogen-bond donors (Lipinski definition) is 1. The molecule has 0 aromatic carbocycles. The minimum atomic E-state index is 0.0741. The first-order chi connectivity index (χ1) is 12.1. The fourth-order valence-corrected chi connectivity index (χ4v) is 4.80. The summed E-state index contributed by atoms with van der Waals surface area (Å²) in [4.78, 5) is 23.1. The van der Waals surface area contributed by atoms with Crippen LogP contribution < -0.4 is 0 Å². The highest BCUT2D eigenvalue weighted by molar-refractivity contribution is 7.20. The van der Waals surface area contributed by atoms with E-state index in [9.17, 15) is 4.79 Å². The Morgan fingerprint density at radius 2 is 2.28 bits per heavy atom. The minimum absolute atomic E-state index is 0.0741. The van der Waals surface area contributed by atoms with Crippen molar-refractivity contribution in [2.75, 3.05) is 27.2 Å². The number of pyridine rings is 1. The smallest absolute Gasteiger partial charge is 0.263 e. The van der Waals surface area contributed by atoms with Crippen molar-refractivity contribution in [2.45, 2.75) is 18.9 Å². The summed E-state index contributed by atoms with van der Waals surface area (Å²) in [6.07, 6.45) is 4.64. The highest BCUT2D eigenvalue weighted by Gasteiger charge is 2.31. The average molecular weight is 355 g/mol. The lowest BCUT2D eigenvalue weighted by Gasteiger charge is -2.17. The maximum absolute atomic E-state index is 12.7. The van der Waals surface area contributed by atoms with Crippen molar-refractivity contribution >= 4 is 27.5 Å². The van der Waals surface area contributed by atoms with E-state index in [4.69, 9.17) is 0 Å². The molecule has 0 saturated carbocycles. The molecule has 0 spiro atoms. The van der Waals surface area contributed by atoms with Gasteiger partial charge in [0.1, 0.15) is 4.83 Å². The molecule has 1 atom stereocenters. The topological polar surface area (TPSA) is 65.1 Å². The van der Waals surface area contributed by atoms with Crippen molar-refractivity contribution in [1.29, 1.82) is 0 Å². The molecule has 1 amide bonds. The van der Waals surface area contributed by atoms with Crippen LogP contribution in [0.2, 0.25) is 0 Å². The van der Waals surface area contributed by atoms with Gasteiger partial charge in [-0.3, -0.25) is 14.8 Å². The number of nitrogens with one attached hydrogen (secondary N) is 1. The molecule has 3 aromatic heterocycles. The molecule has 25 heavy (non-hydrogen) atoms. The molecule has 0 radical (unpaired) electrons. The Bertz CT molecular complexity index is 886. The summed E-state index contributed by atoms with van der Waals surface area (Å²) < 4.78 is 0. The predicted octanol–water partition coefficient (Wildman–Crippen LogP) is 2.71. The Kier molecular flexibility index (Phi) is 4.27. The van der Waals surface area contributed by atoms with Crippen molar-refractivity contribution in [3.8, 4) is 0 Å². The van der Waals surface area contributed by atoms with E-state index in [0.717, 1.165) is 46.8 Å². The van der Waals surface area contributed by atoms with Gasteiger partial charge < -0.3 is 4.90 Å². The number of likely N-dealkylation sites (tertiary alicyclic amines) is 1. The number of nitrogens with zero attached hydrogens (tertiary/aromatic N) is 4. The lowest BCUT2D eigenvalue weighted by Crippen LogP contribution is -2.23. The number of thiophene rings is 1. The van der Waals surface area contributed by atoms with Crippen LogP contribution in [0.3, 0.4) is 0 Å². The van der Waals surface area contributed by atoms with Crippen LogP contribution in [0.25, 0.3) is 10.2 Å². The van der Waals surface area contributed by atoms with Gasteiger partial charge in [-0.1, -0.05) is 6.07 Å². The van der Waals surface area contributed by atoms with E-state index >= 15 is 0 Å². The van der Waals surface area contributed by atoms with E-state index in [2.05, 4.69) is 26.1 Å². The third kappa shape index (κ3) is 3.05. The number of rotatable bonds is 4. The van der Waals surface area contributed by atoms with Crippen LogP contribution in [0.5, 0.6) is 0 Å². The van der Waals surface area contributed by atoms with Crippen LogP contribution in [-0.4, -0.2) is 58.1 Å². The summed E-state index contributed by atoms with van der Waals surface area (Å²) in [5.74, 6) is 0.435. The Labute approximate surface area is 150 Å². The summed E-state index contributed by atoms with van der Waals surface area (Å²) in [5.41, 5.74) is 2.31. The van der Waals surface area contributed by atoms with E-state index in [1.165, 1.54) is 16.9 Å². The van der Waals surface area contributed by atoms with E-state index in [0.29, 0.717) is 5.92 Å². The molecule has 130 valence electrons. The van der Waals surface area contributed by atoms with Crippen molar-refractivity contribution in [3.63, 3.8) is 0 Å². The minimum Gasteiger partial charge on any atom is -0.344 e. The van der Waals surface area contributed by atoms with Gasteiger partial charge in [0, 0.05) is 56.6 Å². The van der Waals surface area contributed by atoms with Gasteiger partial charge in [0.05, 0.1) is 4.88 Å². The maximum atomic E-state index is 12.7. The highest BCUT2D eigenvalue weighted by Crippen LogP contribution is 2.39. The summed E-state index contributed by atoms with van der Waals surface area (Å²) in [7, 11) is 3.62. The molecular formula is C18H21N5OS. The Morgan fingerprint density at radius 3 is 3.04 bits per heavy atom. The predicted molar refractivity (Wildman–Crippen MR) is 98.9 cm³/mol. The van der Waals surface area contributed by atoms with Crippen LogP contribution >= 0.6 is 11.3 Å². The van der Waals surface area contributed by atoms with Gasteiger partial charge in [0.25, 0.3) is 5.91 Å². The van der Waals surface area contributed by atoms with Gasteiger partial charge in [-0.15, -0.1) is 11.3 Å². The fourth-order valence-electron chi connectivity index (χ4n) is 3.54. The van der Waals surface area contributed by atoms with Crippen molar-refractivity contribution in [3.05, 3.63) is 46.7 Å². The molecule has 7 heteroatoms. The largest absolute Gasteiger partial charge is 0.344 e. The van der Waals surface area contributed by atoms with Crippen molar-refractivity contribution in [2.24, 2.45) is 0 Å². The number of carbonyl (C=O) groups is 1. The zero-order valence-corrected chi connectivity index (χ0v) is 15.2. The molecule has 1 aliphatic rings. The zero-order chi connectivity index (χ0) is 17.4. The Balaban J connectivity index is 1.66. The molecule has 3 aromatic rings. The van der Waals surface area contributed by atoms with Gasteiger partial charge in [-0.25, -0.2) is 4.98 Å². The molecule has 0 aliphatic carbocycles. The monoisotopic (exact) mass is 355 g/mol. The van der Waals surface area contributed by atoms with Crippen LogP contribution in [0.15, 0.2) is 30.6 Å². The number of carbonyl (C=O) groups excluding carboxylic acids is 1. The zero-order valence-electron chi connectivity index (χ0n) is 14.4. The first kappa shape index (κ1) is 16.2. The van der Waals surface area contributed by atoms with E-state index in [-0.39, 0.29) is 5.91 Å². The summed E-state index contributed by atoms with van der Waals surface area (Å²) >= 11 is 1.52. The second-order valence-electron chi connectivity index (χ2n) is 6.70. The highest BCUT2D eigenvalue weighted by atomic mass is 32.1. The maximum Gasteiger partial charge on any atom is 0.263 e. The van der Waals surface area contributed by atoms with Crippen LogP contribution in [0, 0.1) is 0 Å². The molecule has 1 aliphatic heterocycles. The van der Waals surface area contributed by atoms with Crippen LogP contribution in [0.1, 0.15) is 33.3 Å². The molecule has 6 nitrogen and oxygen atoms in total.